The fourth-order valence-electron chi connectivity index (χ4n) is 6.52. The molecule has 6 nitrogen and oxygen atoms in total. The van der Waals surface area contributed by atoms with Gasteiger partial charge in [-0.05, 0) is 12.8 Å². The van der Waals surface area contributed by atoms with Crippen LogP contribution in [0.25, 0.3) is 0 Å². The average Bonchev–Trinajstić information content (AvgIpc) is 3.06. The van der Waals surface area contributed by atoms with Crippen LogP contribution in [0.15, 0.2) is 0 Å². The fraction of sp³-hybridized carbons (Fsp3) is 0.975. The van der Waals surface area contributed by atoms with Crippen LogP contribution in [0.4, 0.5) is 0 Å². The van der Waals surface area contributed by atoms with Gasteiger partial charge in [-0.15, -0.1) is 0 Å². The van der Waals surface area contributed by atoms with Gasteiger partial charge in [0.25, 0.3) is 0 Å². The van der Waals surface area contributed by atoms with Gasteiger partial charge in [-0.1, -0.05) is 206 Å². The molecule has 46 heavy (non-hydrogen) atoms. The van der Waals surface area contributed by atoms with Crippen LogP contribution in [0.1, 0.15) is 219 Å². The van der Waals surface area contributed by atoms with Crippen molar-refractivity contribution < 1.29 is 25.2 Å². The van der Waals surface area contributed by atoms with Crippen molar-refractivity contribution in [2.75, 3.05) is 6.61 Å². The second kappa shape index (κ2) is 35.6. The number of carbonyl (C=O) groups excluding carboxylic acids is 1. The maximum atomic E-state index is 12.4. The highest BCUT2D eigenvalue weighted by Gasteiger charge is 2.28. The van der Waals surface area contributed by atoms with E-state index in [9.17, 15) is 25.2 Å². The highest BCUT2D eigenvalue weighted by Crippen LogP contribution is 2.17. The normalized spacial score (nSPS) is 14.3. The quantitative estimate of drug-likeness (QED) is 0.0428. The van der Waals surface area contributed by atoms with E-state index in [2.05, 4.69) is 19.2 Å². The molecule has 0 saturated heterocycles. The first-order valence-electron chi connectivity index (χ1n) is 20.4. The van der Waals surface area contributed by atoms with E-state index in [4.69, 9.17) is 0 Å². The minimum absolute atomic E-state index is 0.375. The van der Waals surface area contributed by atoms with Crippen molar-refractivity contribution in [3.8, 4) is 0 Å². The Balaban J connectivity index is 3.59. The molecule has 0 aliphatic carbocycles. The standard InChI is InChI=1S/C40H81NO5/c1-3-5-7-9-11-12-13-14-15-16-17-18-19-20-21-22-23-24-25-26-28-30-32-34-38(44)40(46)41-36(35-42)39(45)37(43)33-31-29-27-10-8-6-4-2/h36-39,42-45H,3-35H2,1-2H3,(H,41,46). The summed E-state index contributed by atoms with van der Waals surface area (Å²) < 4.78 is 0. The lowest BCUT2D eigenvalue weighted by Crippen LogP contribution is -2.53. The number of hydrogen-bond donors (Lipinski definition) is 5. The molecule has 0 aliphatic rings. The van der Waals surface area contributed by atoms with Crippen LogP contribution in [0.5, 0.6) is 0 Å². The van der Waals surface area contributed by atoms with Crippen LogP contribution in [0.3, 0.4) is 0 Å². The predicted octanol–water partition coefficient (Wildman–Crippen LogP) is 10.1. The van der Waals surface area contributed by atoms with Crippen molar-refractivity contribution in [3.63, 3.8) is 0 Å². The molecule has 5 N–H and O–H groups in total. The SMILES string of the molecule is CCCCCCCCCCCCCCCCCCCCCCCCCC(O)C(=O)NC(CO)C(O)C(O)CCCCCCCCC. The second-order valence-electron chi connectivity index (χ2n) is 14.3. The summed E-state index contributed by atoms with van der Waals surface area (Å²) in [4.78, 5) is 12.4. The van der Waals surface area contributed by atoms with Crippen molar-refractivity contribution in [1.29, 1.82) is 0 Å². The molecule has 276 valence electrons. The molecule has 6 heteroatoms. The van der Waals surface area contributed by atoms with E-state index in [0.29, 0.717) is 12.8 Å². The van der Waals surface area contributed by atoms with Gasteiger partial charge in [-0.2, -0.15) is 0 Å². The zero-order chi connectivity index (χ0) is 33.9. The number of amides is 1. The van der Waals surface area contributed by atoms with E-state index >= 15 is 0 Å². The molecule has 4 atom stereocenters. The van der Waals surface area contributed by atoms with Crippen LogP contribution in [-0.4, -0.2) is 57.3 Å². The first-order valence-corrected chi connectivity index (χ1v) is 20.4. The molecule has 0 aromatic heterocycles. The maximum Gasteiger partial charge on any atom is 0.249 e. The van der Waals surface area contributed by atoms with Gasteiger partial charge < -0.3 is 25.7 Å². The number of carbonyl (C=O) groups is 1. The highest BCUT2D eigenvalue weighted by atomic mass is 16.3. The lowest BCUT2D eigenvalue weighted by molar-refractivity contribution is -0.132. The molecule has 0 aromatic rings. The molecular weight excluding hydrogens is 574 g/mol. The Morgan fingerprint density at radius 2 is 0.739 bits per heavy atom. The summed E-state index contributed by atoms with van der Waals surface area (Å²) in [5, 5.41) is 43.3. The lowest BCUT2D eigenvalue weighted by atomic mass is 9.99. The Bertz CT molecular complexity index is 618. The van der Waals surface area contributed by atoms with Crippen LogP contribution >= 0.6 is 0 Å². The van der Waals surface area contributed by atoms with E-state index in [-0.39, 0.29) is 0 Å². The van der Waals surface area contributed by atoms with Gasteiger partial charge in [-0.25, -0.2) is 0 Å². The van der Waals surface area contributed by atoms with Gasteiger partial charge in [0.1, 0.15) is 12.2 Å². The summed E-state index contributed by atoms with van der Waals surface area (Å²) in [5.74, 6) is -0.583. The molecule has 4 unspecified atom stereocenters. The van der Waals surface area contributed by atoms with Crippen LogP contribution in [-0.2, 0) is 4.79 Å². The van der Waals surface area contributed by atoms with Gasteiger partial charge in [0.05, 0.1) is 18.8 Å². The van der Waals surface area contributed by atoms with E-state index in [1.165, 1.54) is 154 Å². The molecular formula is C40H81NO5. The minimum atomic E-state index is -1.25. The molecule has 0 spiro atoms. The summed E-state index contributed by atoms with van der Waals surface area (Å²) in [6, 6.07) is -0.976. The molecule has 0 bridgehead atoms. The first-order chi connectivity index (χ1) is 22.5. The average molecular weight is 656 g/mol. The van der Waals surface area contributed by atoms with E-state index in [1.807, 2.05) is 0 Å². The Morgan fingerprint density at radius 1 is 0.457 bits per heavy atom. The van der Waals surface area contributed by atoms with Gasteiger partial charge in [-0.3, -0.25) is 4.79 Å². The molecule has 0 fully saturated rings. The number of unbranched alkanes of at least 4 members (excludes halogenated alkanes) is 28. The molecule has 0 saturated carbocycles. The lowest BCUT2D eigenvalue weighted by Gasteiger charge is -2.27. The first kappa shape index (κ1) is 45.3. The van der Waals surface area contributed by atoms with Crippen molar-refractivity contribution in [2.24, 2.45) is 0 Å². The van der Waals surface area contributed by atoms with Gasteiger partial charge in [0.2, 0.25) is 5.91 Å². The minimum Gasteiger partial charge on any atom is -0.394 e. The smallest absolute Gasteiger partial charge is 0.249 e. The highest BCUT2D eigenvalue weighted by molar-refractivity contribution is 5.80. The Hall–Kier alpha value is -0.690. The summed E-state index contributed by atoms with van der Waals surface area (Å²) in [6.45, 7) is 4.00. The maximum absolute atomic E-state index is 12.4. The second-order valence-corrected chi connectivity index (χ2v) is 14.3. The van der Waals surface area contributed by atoms with Crippen molar-refractivity contribution in [1.82, 2.24) is 5.32 Å². The number of hydrogen-bond acceptors (Lipinski definition) is 5. The Labute approximate surface area is 286 Å². The Kier molecular flexibility index (Phi) is 35.1. The number of rotatable bonds is 37. The third-order valence-corrected chi connectivity index (χ3v) is 9.82. The number of aliphatic hydroxyl groups is 4. The van der Waals surface area contributed by atoms with Gasteiger partial charge in [0.15, 0.2) is 0 Å². The van der Waals surface area contributed by atoms with E-state index in [1.54, 1.807) is 0 Å². The third-order valence-electron chi connectivity index (χ3n) is 9.82. The summed E-state index contributed by atoms with van der Waals surface area (Å²) in [5.41, 5.74) is 0. The number of aliphatic hydroxyl groups excluding tert-OH is 4. The molecule has 0 radical (unpaired) electrons. The molecule has 0 rings (SSSR count). The summed E-state index contributed by atoms with van der Waals surface area (Å²) in [6.07, 6.45) is 35.9. The largest absolute Gasteiger partial charge is 0.394 e. The summed E-state index contributed by atoms with van der Waals surface area (Å²) >= 11 is 0. The van der Waals surface area contributed by atoms with Crippen LogP contribution < -0.4 is 5.32 Å². The monoisotopic (exact) mass is 656 g/mol. The zero-order valence-corrected chi connectivity index (χ0v) is 30.8. The van der Waals surface area contributed by atoms with Gasteiger partial charge >= 0.3 is 0 Å². The number of nitrogens with one attached hydrogen (secondary N) is 1. The van der Waals surface area contributed by atoms with E-state index in [0.717, 1.165) is 38.5 Å². The van der Waals surface area contributed by atoms with E-state index < -0.39 is 36.9 Å². The van der Waals surface area contributed by atoms with Crippen molar-refractivity contribution >= 4 is 5.91 Å². The molecule has 0 heterocycles. The fourth-order valence-corrected chi connectivity index (χ4v) is 6.52. The van der Waals surface area contributed by atoms with Crippen molar-refractivity contribution in [3.05, 3.63) is 0 Å². The summed E-state index contributed by atoms with van der Waals surface area (Å²) in [7, 11) is 0. The molecule has 0 aliphatic heterocycles. The van der Waals surface area contributed by atoms with Crippen LogP contribution in [0.2, 0.25) is 0 Å². The zero-order valence-electron chi connectivity index (χ0n) is 30.8. The molecule has 0 aromatic carbocycles. The predicted molar refractivity (Wildman–Crippen MR) is 196 cm³/mol. The molecule has 1 amide bonds. The van der Waals surface area contributed by atoms with Crippen molar-refractivity contribution in [2.45, 2.75) is 244 Å². The Morgan fingerprint density at radius 3 is 1.04 bits per heavy atom. The van der Waals surface area contributed by atoms with Gasteiger partial charge in [0, 0.05) is 0 Å². The topological polar surface area (TPSA) is 110 Å². The van der Waals surface area contributed by atoms with Crippen LogP contribution in [0, 0.1) is 0 Å². The third kappa shape index (κ3) is 29.4.